The highest BCUT2D eigenvalue weighted by Crippen LogP contribution is 2.27. The molecule has 20 heavy (non-hydrogen) atoms. The predicted molar refractivity (Wildman–Crippen MR) is 87.2 cm³/mol. The van der Waals surface area contributed by atoms with Gasteiger partial charge >= 0.3 is 0 Å². The maximum Gasteiger partial charge on any atom is 0.0589 e. The van der Waals surface area contributed by atoms with Crippen molar-refractivity contribution < 1.29 is 4.74 Å². The molecule has 0 aromatic rings. The fourth-order valence-electron chi connectivity index (χ4n) is 3.59. The molecule has 120 valence electrons. The van der Waals surface area contributed by atoms with Crippen LogP contribution in [0.15, 0.2) is 0 Å². The first-order chi connectivity index (χ1) is 9.76. The van der Waals surface area contributed by atoms with Gasteiger partial charge < -0.3 is 10.1 Å². The summed E-state index contributed by atoms with van der Waals surface area (Å²) in [6.07, 6.45) is 7.90. The molecule has 1 aliphatic rings. The Hall–Kier alpha value is -0.120. The number of ether oxygens (including phenoxy) is 1. The van der Waals surface area contributed by atoms with Crippen molar-refractivity contribution in [2.45, 2.75) is 71.4 Å². The summed E-state index contributed by atoms with van der Waals surface area (Å²) >= 11 is 0. The Morgan fingerprint density at radius 3 is 2.55 bits per heavy atom. The summed E-state index contributed by atoms with van der Waals surface area (Å²) in [4.78, 5) is 2.68. The smallest absolute Gasteiger partial charge is 0.0589 e. The van der Waals surface area contributed by atoms with Gasteiger partial charge in [-0.25, -0.2) is 0 Å². The minimum Gasteiger partial charge on any atom is -0.383 e. The van der Waals surface area contributed by atoms with Crippen molar-refractivity contribution in [1.82, 2.24) is 10.2 Å². The molecule has 0 radical (unpaired) electrons. The van der Waals surface area contributed by atoms with E-state index in [1.54, 1.807) is 0 Å². The first kappa shape index (κ1) is 17.9. The second-order valence-corrected chi connectivity index (χ2v) is 6.21. The number of hydrogen-bond acceptors (Lipinski definition) is 3. The molecule has 1 fully saturated rings. The van der Waals surface area contributed by atoms with E-state index >= 15 is 0 Å². The molecule has 3 heteroatoms. The largest absolute Gasteiger partial charge is 0.383 e. The van der Waals surface area contributed by atoms with E-state index in [9.17, 15) is 0 Å². The van der Waals surface area contributed by atoms with Crippen LogP contribution in [-0.2, 0) is 4.74 Å². The molecule has 0 spiro atoms. The molecule has 3 nitrogen and oxygen atoms in total. The molecule has 0 bridgehead atoms. The van der Waals surface area contributed by atoms with Gasteiger partial charge in [-0.3, -0.25) is 4.90 Å². The Morgan fingerprint density at radius 1 is 1.20 bits per heavy atom. The van der Waals surface area contributed by atoms with Gasteiger partial charge in [0, 0.05) is 32.3 Å². The third-order valence-electron chi connectivity index (χ3n) is 4.83. The molecule has 1 rings (SSSR count). The lowest BCUT2D eigenvalue weighted by molar-refractivity contribution is 0.0975. The van der Waals surface area contributed by atoms with Gasteiger partial charge in [0.2, 0.25) is 0 Å². The second kappa shape index (κ2) is 10.6. The molecular formula is C17H36N2O. The van der Waals surface area contributed by atoms with E-state index in [4.69, 9.17) is 4.74 Å². The lowest BCUT2D eigenvalue weighted by atomic mass is 10.0. The topological polar surface area (TPSA) is 24.5 Å². The van der Waals surface area contributed by atoms with E-state index in [1.807, 2.05) is 7.11 Å². The highest BCUT2D eigenvalue weighted by molar-refractivity contribution is 4.86. The third-order valence-corrected chi connectivity index (χ3v) is 4.83. The normalized spacial score (nSPS) is 23.1. The Morgan fingerprint density at radius 2 is 1.95 bits per heavy atom. The standard InChI is InChI=1S/C17H36N2O/c1-5-11-18-17-10-8-9-15(17)14-19(12-13-20-4)16(6-2)7-3/h15-18H,5-14H2,1-4H3. The van der Waals surface area contributed by atoms with Crippen LogP contribution in [-0.4, -0.2) is 50.3 Å². The second-order valence-electron chi connectivity index (χ2n) is 6.21. The molecule has 2 unspecified atom stereocenters. The predicted octanol–water partition coefficient (Wildman–Crippen LogP) is 3.29. The zero-order valence-corrected chi connectivity index (χ0v) is 14.2. The van der Waals surface area contributed by atoms with Crippen LogP contribution in [0.4, 0.5) is 0 Å². The van der Waals surface area contributed by atoms with Crippen molar-refractivity contribution in [3.05, 3.63) is 0 Å². The molecule has 0 aromatic heterocycles. The molecule has 0 heterocycles. The molecule has 1 aliphatic carbocycles. The van der Waals surface area contributed by atoms with Gasteiger partial charge in [-0.1, -0.05) is 27.2 Å². The zero-order chi connectivity index (χ0) is 14.8. The average Bonchev–Trinajstić information content (AvgIpc) is 2.90. The van der Waals surface area contributed by atoms with Crippen molar-refractivity contribution in [3.63, 3.8) is 0 Å². The quantitative estimate of drug-likeness (QED) is 0.630. The summed E-state index contributed by atoms with van der Waals surface area (Å²) in [6.45, 7) is 11.2. The molecule has 0 saturated heterocycles. The Bertz CT molecular complexity index is 231. The van der Waals surface area contributed by atoms with Gasteiger partial charge in [-0.05, 0) is 44.6 Å². The summed E-state index contributed by atoms with van der Waals surface area (Å²) in [5.41, 5.74) is 0. The van der Waals surface area contributed by atoms with Crippen LogP contribution in [0.1, 0.15) is 59.3 Å². The number of nitrogens with zero attached hydrogens (tertiary/aromatic N) is 1. The molecule has 0 aliphatic heterocycles. The van der Waals surface area contributed by atoms with Crippen LogP contribution in [0.25, 0.3) is 0 Å². The molecule has 1 N–H and O–H groups in total. The summed E-state index contributed by atoms with van der Waals surface area (Å²) in [5.74, 6) is 0.832. The fourth-order valence-corrected chi connectivity index (χ4v) is 3.59. The minimum atomic E-state index is 0.720. The van der Waals surface area contributed by atoms with E-state index in [-0.39, 0.29) is 0 Å². The Kier molecular flexibility index (Phi) is 9.49. The van der Waals surface area contributed by atoms with Crippen LogP contribution >= 0.6 is 0 Å². The summed E-state index contributed by atoms with van der Waals surface area (Å²) in [7, 11) is 1.81. The number of rotatable bonds is 11. The van der Waals surface area contributed by atoms with Crippen molar-refractivity contribution in [1.29, 1.82) is 0 Å². The van der Waals surface area contributed by atoms with Crippen molar-refractivity contribution in [3.8, 4) is 0 Å². The van der Waals surface area contributed by atoms with Crippen LogP contribution in [0.2, 0.25) is 0 Å². The van der Waals surface area contributed by atoms with Gasteiger partial charge in [0.05, 0.1) is 6.61 Å². The Balaban J connectivity index is 2.53. The monoisotopic (exact) mass is 284 g/mol. The van der Waals surface area contributed by atoms with Crippen molar-refractivity contribution in [2.75, 3.05) is 33.4 Å². The SMILES string of the molecule is CCCNC1CCCC1CN(CCOC)C(CC)CC. The first-order valence-corrected chi connectivity index (χ1v) is 8.73. The van der Waals surface area contributed by atoms with Crippen LogP contribution in [0.5, 0.6) is 0 Å². The van der Waals surface area contributed by atoms with Gasteiger partial charge in [-0.2, -0.15) is 0 Å². The highest BCUT2D eigenvalue weighted by atomic mass is 16.5. The molecule has 1 saturated carbocycles. The highest BCUT2D eigenvalue weighted by Gasteiger charge is 2.29. The fraction of sp³-hybridized carbons (Fsp3) is 1.00. The molecule has 2 atom stereocenters. The lowest BCUT2D eigenvalue weighted by Gasteiger charge is -2.34. The number of hydrogen-bond donors (Lipinski definition) is 1. The third kappa shape index (κ3) is 5.71. The lowest BCUT2D eigenvalue weighted by Crippen LogP contribution is -2.44. The van der Waals surface area contributed by atoms with Gasteiger partial charge in [0.25, 0.3) is 0 Å². The summed E-state index contributed by atoms with van der Waals surface area (Å²) in [5, 5.41) is 3.76. The molecular weight excluding hydrogens is 248 g/mol. The van der Waals surface area contributed by atoms with Crippen LogP contribution < -0.4 is 5.32 Å². The Labute approximate surface area is 126 Å². The zero-order valence-electron chi connectivity index (χ0n) is 14.2. The van der Waals surface area contributed by atoms with E-state index < -0.39 is 0 Å². The van der Waals surface area contributed by atoms with E-state index in [0.29, 0.717) is 0 Å². The van der Waals surface area contributed by atoms with Crippen molar-refractivity contribution >= 4 is 0 Å². The van der Waals surface area contributed by atoms with Gasteiger partial charge in [0.15, 0.2) is 0 Å². The maximum atomic E-state index is 5.31. The van der Waals surface area contributed by atoms with Crippen LogP contribution in [0, 0.1) is 5.92 Å². The van der Waals surface area contributed by atoms with Gasteiger partial charge in [-0.15, -0.1) is 0 Å². The van der Waals surface area contributed by atoms with E-state index in [2.05, 4.69) is 31.0 Å². The maximum absolute atomic E-state index is 5.31. The van der Waals surface area contributed by atoms with Gasteiger partial charge in [0.1, 0.15) is 0 Å². The van der Waals surface area contributed by atoms with Crippen LogP contribution in [0.3, 0.4) is 0 Å². The number of nitrogens with one attached hydrogen (secondary N) is 1. The number of methoxy groups -OCH3 is 1. The molecule has 0 amide bonds. The molecule has 0 aromatic carbocycles. The average molecular weight is 284 g/mol. The summed E-state index contributed by atoms with van der Waals surface area (Å²) in [6, 6.07) is 1.46. The van der Waals surface area contributed by atoms with E-state index in [1.165, 1.54) is 51.6 Å². The van der Waals surface area contributed by atoms with E-state index in [0.717, 1.165) is 31.2 Å². The summed E-state index contributed by atoms with van der Waals surface area (Å²) < 4.78 is 5.31. The minimum absolute atomic E-state index is 0.720. The van der Waals surface area contributed by atoms with Crippen molar-refractivity contribution in [2.24, 2.45) is 5.92 Å². The first-order valence-electron chi connectivity index (χ1n) is 8.73.